The highest BCUT2D eigenvalue weighted by Gasteiger charge is 2.29. The van der Waals surface area contributed by atoms with Gasteiger partial charge in [0, 0.05) is 12.1 Å². The van der Waals surface area contributed by atoms with Crippen LogP contribution in [0.4, 0.5) is 4.39 Å². The van der Waals surface area contributed by atoms with E-state index >= 15 is 0 Å². The first-order chi connectivity index (χ1) is 8.18. The molecular formula is C12H11FN2O2. The molecule has 0 radical (unpaired) electrons. The quantitative estimate of drug-likeness (QED) is 0.868. The highest BCUT2D eigenvalue weighted by atomic mass is 19.1. The van der Waals surface area contributed by atoms with E-state index in [9.17, 15) is 14.3 Å². The molecule has 1 N–H and O–H groups in total. The first-order valence-corrected chi connectivity index (χ1v) is 5.58. The number of imidazole rings is 1. The van der Waals surface area contributed by atoms with E-state index in [1.165, 1.54) is 22.7 Å². The second-order valence-corrected chi connectivity index (χ2v) is 4.33. The van der Waals surface area contributed by atoms with Crippen molar-refractivity contribution in [3.8, 4) is 0 Å². The number of halogens is 1. The molecule has 1 aliphatic rings. The summed E-state index contributed by atoms with van der Waals surface area (Å²) in [6.45, 7) is 0. The average molecular weight is 234 g/mol. The largest absolute Gasteiger partial charge is 0.477 e. The topological polar surface area (TPSA) is 54.6 Å². The summed E-state index contributed by atoms with van der Waals surface area (Å²) in [5.74, 6) is -1.37. The van der Waals surface area contributed by atoms with Gasteiger partial charge in [0.25, 0.3) is 0 Å². The smallest absolute Gasteiger partial charge is 0.354 e. The summed E-state index contributed by atoms with van der Waals surface area (Å²) in [5, 5.41) is 9.23. The van der Waals surface area contributed by atoms with Crippen LogP contribution in [0.3, 0.4) is 0 Å². The number of carboxylic acid groups (broad SMARTS) is 1. The van der Waals surface area contributed by atoms with Crippen LogP contribution in [0, 0.1) is 5.82 Å². The zero-order chi connectivity index (χ0) is 12.0. The van der Waals surface area contributed by atoms with Gasteiger partial charge in [0.1, 0.15) is 0 Å². The van der Waals surface area contributed by atoms with Crippen LogP contribution in [-0.4, -0.2) is 20.5 Å². The SMILES string of the molecule is O=C(O)c1c(C2CCC2)nc2c(F)cccn12. The minimum absolute atomic E-state index is 0.101. The third-order valence-corrected chi connectivity index (χ3v) is 3.32. The van der Waals surface area contributed by atoms with Crippen LogP contribution in [0.1, 0.15) is 41.4 Å². The van der Waals surface area contributed by atoms with Crippen LogP contribution in [0.2, 0.25) is 0 Å². The van der Waals surface area contributed by atoms with Gasteiger partial charge < -0.3 is 5.11 Å². The fourth-order valence-electron chi connectivity index (χ4n) is 2.23. The number of hydrogen-bond acceptors (Lipinski definition) is 2. The van der Waals surface area contributed by atoms with Crippen molar-refractivity contribution in [3.05, 3.63) is 35.5 Å². The molecule has 0 spiro atoms. The number of nitrogens with zero attached hydrogens (tertiary/aromatic N) is 2. The summed E-state index contributed by atoms with van der Waals surface area (Å²) in [7, 11) is 0. The third-order valence-electron chi connectivity index (χ3n) is 3.32. The molecule has 4 nitrogen and oxygen atoms in total. The summed E-state index contributed by atoms with van der Waals surface area (Å²) in [4.78, 5) is 15.4. The van der Waals surface area contributed by atoms with E-state index in [4.69, 9.17) is 0 Å². The molecular weight excluding hydrogens is 223 g/mol. The number of aromatic nitrogens is 2. The molecule has 88 valence electrons. The third kappa shape index (κ3) is 1.42. The molecule has 0 aliphatic heterocycles. The van der Waals surface area contributed by atoms with Crippen molar-refractivity contribution in [2.75, 3.05) is 0 Å². The first-order valence-electron chi connectivity index (χ1n) is 5.58. The Hall–Kier alpha value is -1.91. The zero-order valence-corrected chi connectivity index (χ0v) is 9.06. The van der Waals surface area contributed by atoms with Crippen LogP contribution >= 0.6 is 0 Å². The maximum Gasteiger partial charge on any atom is 0.354 e. The fraction of sp³-hybridized carbons (Fsp3) is 0.333. The van der Waals surface area contributed by atoms with Gasteiger partial charge in [-0.05, 0) is 25.0 Å². The Morgan fingerprint density at radius 3 is 2.88 bits per heavy atom. The minimum Gasteiger partial charge on any atom is -0.477 e. The summed E-state index contributed by atoms with van der Waals surface area (Å²) in [6.07, 6.45) is 4.49. The molecule has 0 unspecified atom stereocenters. The lowest BCUT2D eigenvalue weighted by Crippen LogP contribution is -2.14. The number of aromatic carboxylic acids is 1. The zero-order valence-electron chi connectivity index (χ0n) is 9.06. The monoisotopic (exact) mass is 234 g/mol. The number of carboxylic acids is 1. The van der Waals surface area contributed by atoms with Gasteiger partial charge in [-0.2, -0.15) is 0 Å². The number of pyridine rings is 1. The minimum atomic E-state index is -1.05. The van der Waals surface area contributed by atoms with Crippen molar-refractivity contribution in [2.45, 2.75) is 25.2 Å². The summed E-state index contributed by atoms with van der Waals surface area (Å²) in [6, 6.07) is 2.78. The van der Waals surface area contributed by atoms with Crippen LogP contribution < -0.4 is 0 Å². The Morgan fingerprint density at radius 1 is 1.53 bits per heavy atom. The molecule has 1 saturated carbocycles. The number of carbonyl (C=O) groups is 1. The van der Waals surface area contributed by atoms with Gasteiger partial charge in [-0.3, -0.25) is 4.40 Å². The van der Waals surface area contributed by atoms with Crippen LogP contribution in [0.5, 0.6) is 0 Å². The van der Waals surface area contributed by atoms with Gasteiger partial charge in [0.2, 0.25) is 0 Å². The maximum atomic E-state index is 13.6. The average Bonchev–Trinajstić information content (AvgIpc) is 2.55. The van der Waals surface area contributed by atoms with Gasteiger partial charge in [0.05, 0.1) is 5.69 Å². The second kappa shape index (κ2) is 3.55. The summed E-state index contributed by atoms with van der Waals surface area (Å²) < 4.78 is 14.9. The van der Waals surface area contributed by atoms with Crippen molar-refractivity contribution < 1.29 is 14.3 Å². The van der Waals surface area contributed by atoms with Gasteiger partial charge >= 0.3 is 5.97 Å². The predicted octanol–water partition coefficient (Wildman–Crippen LogP) is 2.44. The van der Waals surface area contributed by atoms with E-state index < -0.39 is 11.8 Å². The molecule has 2 heterocycles. The maximum absolute atomic E-state index is 13.6. The van der Waals surface area contributed by atoms with Gasteiger partial charge in [0.15, 0.2) is 17.2 Å². The fourth-order valence-corrected chi connectivity index (χ4v) is 2.23. The van der Waals surface area contributed by atoms with Gasteiger partial charge in [-0.15, -0.1) is 0 Å². The van der Waals surface area contributed by atoms with Crippen molar-refractivity contribution >= 4 is 11.6 Å². The van der Waals surface area contributed by atoms with Crippen molar-refractivity contribution in [1.82, 2.24) is 9.38 Å². The number of hydrogen-bond donors (Lipinski definition) is 1. The molecule has 17 heavy (non-hydrogen) atoms. The van der Waals surface area contributed by atoms with Crippen molar-refractivity contribution in [2.24, 2.45) is 0 Å². The van der Waals surface area contributed by atoms with Crippen molar-refractivity contribution in [1.29, 1.82) is 0 Å². The molecule has 0 bridgehead atoms. The van der Waals surface area contributed by atoms with E-state index in [0.29, 0.717) is 5.69 Å². The normalized spacial score (nSPS) is 16.1. The van der Waals surface area contributed by atoms with E-state index in [1.54, 1.807) is 0 Å². The molecule has 0 atom stereocenters. The standard InChI is InChI=1S/C12H11FN2O2/c13-8-5-2-6-15-10(12(16)17)9(14-11(8)15)7-3-1-4-7/h2,5-7H,1,3-4H2,(H,16,17). The van der Waals surface area contributed by atoms with E-state index in [0.717, 1.165) is 19.3 Å². The Morgan fingerprint density at radius 2 is 2.29 bits per heavy atom. The Kier molecular flexibility index (Phi) is 2.14. The molecule has 1 fully saturated rings. The molecule has 2 aromatic rings. The lowest BCUT2D eigenvalue weighted by Gasteiger charge is -2.23. The van der Waals surface area contributed by atoms with Crippen LogP contribution in [0.25, 0.3) is 5.65 Å². The summed E-state index contributed by atoms with van der Waals surface area (Å²) in [5.41, 5.74) is 0.727. The van der Waals surface area contributed by atoms with Gasteiger partial charge in [-0.25, -0.2) is 14.2 Å². The summed E-state index contributed by atoms with van der Waals surface area (Å²) >= 11 is 0. The predicted molar refractivity (Wildman–Crippen MR) is 58.7 cm³/mol. The van der Waals surface area contributed by atoms with Crippen molar-refractivity contribution in [3.63, 3.8) is 0 Å². The molecule has 0 amide bonds. The van der Waals surface area contributed by atoms with Gasteiger partial charge in [-0.1, -0.05) is 6.42 Å². The highest BCUT2D eigenvalue weighted by Crippen LogP contribution is 2.37. The molecule has 1 aliphatic carbocycles. The molecule has 3 rings (SSSR count). The molecule has 0 saturated heterocycles. The number of rotatable bonds is 2. The Labute approximate surface area is 96.7 Å². The number of fused-ring (bicyclic) bond motifs is 1. The highest BCUT2D eigenvalue weighted by molar-refractivity contribution is 5.88. The molecule has 0 aromatic carbocycles. The Bertz CT molecular complexity index is 602. The Balaban J connectivity index is 2.30. The molecule has 2 aromatic heterocycles. The lowest BCUT2D eigenvalue weighted by atomic mass is 9.82. The van der Waals surface area contributed by atoms with E-state index in [-0.39, 0.29) is 17.3 Å². The van der Waals surface area contributed by atoms with E-state index in [1.807, 2.05) is 0 Å². The lowest BCUT2D eigenvalue weighted by molar-refractivity contribution is 0.0686. The van der Waals surface area contributed by atoms with Crippen LogP contribution in [-0.2, 0) is 0 Å². The van der Waals surface area contributed by atoms with Crippen LogP contribution in [0.15, 0.2) is 18.3 Å². The van der Waals surface area contributed by atoms with E-state index in [2.05, 4.69) is 4.98 Å². The second-order valence-electron chi connectivity index (χ2n) is 4.33. The molecule has 5 heteroatoms. The first kappa shape index (κ1) is 10.3.